The summed E-state index contributed by atoms with van der Waals surface area (Å²) in [5, 5.41) is 4.12. The molecule has 1 heterocycles. The molecule has 92 valence electrons. The van der Waals surface area contributed by atoms with Crippen LogP contribution in [-0.2, 0) is 0 Å². The minimum atomic E-state index is 0.510. The molecule has 0 saturated carbocycles. The molecule has 0 unspecified atom stereocenters. The van der Waals surface area contributed by atoms with Crippen LogP contribution in [0.3, 0.4) is 0 Å². The molecule has 0 aliphatic rings. The van der Waals surface area contributed by atoms with E-state index in [4.69, 9.17) is 0 Å². The minimum absolute atomic E-state index is 0.510. The van der Waals surface area contributed by atoms with Gasteiger partial charge in [0.25, 0.3) is 0 Å². The van der Waals surface area contributed by atoms with Crippen LogP contribution in [0, 0.1) is 13.8 Å². The van der Waals surface area contributed by atoms with Crippen molar-refractivity contribution in [1.82, 2.24) is 9.97 Å². The average Bonchev–Trinajstić information content (AvgIpc) is 2.30. The van der Waals surface area contributed by atoms with Crippen LogP contribution in [0.1, 0.15) is 17.0 Å². The number of hydrogen-bond donors (Lipinski definition) is 1. The number of benzene rings is 1. The van der Waals surface area contributed by atoms with E-state index in [1.165, 1.54) is 0 Å². The summed E-state index contributed by atoms with van der Waals surface area (Å²) in [6.45, 7) is 3.86. The molecule has 0 radical (unpaired) electrons. The van der Waals surface area contributed by atoms with Crippen LogP contribution in [0.5, 0.6) is 0 Å². The monoisotopic (exact) mass is 304 g/mol. The van der Waals surface area contributed by atoms with Crippen LogP contribution in [0.15, 0.2) is 39.9 Å². The summed E-state index contributed by atoms with van der Waals surface area (Å²) < 4.78 is 0.997. The van der Waals surface area contributed by atoms with Crippen LogP contribution in [0.25, 0.3) is 0 Å². The lowest BCUT2D eigenvalue weighted by Crippen LogP contribution is -1.99. The van der Waals surface area contributed by atoms with Gasteiger partial charge in [0.2, 0.25) is 5.95 Å². The zero-order chi connectivity index (χ0) is 13.0. The lowest BCUT2D eigenvalue weighted by Gasteiger charge is -2.01. The normalized spacial score (nSPS) is 10.8. The van der Waals surface area contributed by atoms with E-state index in [1.807, 2.05) is 44.2 Å². The molecule has 4 nitrogen and oxygen atoms in total. The van der Waals surface area contributed by atoms with Crippen molar-refractivity contribution in [3.63, 3.8) is 0 Å². The van der Waals surface area contributed by atoms with Gasteiger partial charge in [0, 0.05) is 21.4 Å². The molecule has 0 saturated heterocycles. The third-order valence-corrected chi connectivity index (χ3v) is 2.98. The number of nitrogens with one attached hydrogen (secondary N) is 1. The van der Waals surface area contributed by atoms with Crippen molar-refractivity contribution in [1.29, 1.82) is 0 Å². The Morgan fingerprint density at radius 2 is 1.83 bits per heavy atom. The fourth-order valence-electron chi connectivity index (χ4n) is 1.52. The highest BCUT2D eigenvalue weighted by Gasteiger charge is 1.97. The first-order valence-corrected chi connectivity index (χ1v) is 6.30. The van der Waals surface area contributed by atoms with Gasteiger partial charge in [-0.15, -0.1) is 0 Å². The van der Waals surface area contributed by atoms with E-state index >= 15 is 0 Å². The van der Waals surface area contributed by atoms with E-state index < -0.39 is 0 Å². The Labute approximate surface area is 114 Å². The van der Waals surface area contributed by atoms with Crippen LogP contribution >= 0.6 is 15.9 Å². The van der Waals surface area contributed by atoms with Crippen molar-refractivity contribution >= 4 is 28.1 Å². The molecule has 0 aliphatic carbocycles. The van der Waals surface area contributed by atoms with Crippen molar-refractivity contribution in [3.05, 3.63) is 51.8 Å². The quantitative estimate of drug-likeness (QED) is 0.699. The number of aryl methyl sites for hydroxylation is 2. The van der Waals surface area contributed by atoms with Gasteiger partial charge < -0.3 is 0 Å². The zero-order valence-electron chi connectivity index (χ0n) is 10.2. The van der Waals surface area contributed by atoms with E-state index in [1.54, 1.807) is 6.21 Å². The number of hydrogen-bond acceptors (Lipinski definition) is 4. The van der Waals surface area contributed by atoms with Crippen LogP contribution < -0.4 is 5.43 Å². The standard InChI is InChI=1S/C13H13BrN4/c1-9-7-10(2)17-13(16-9)18-15-8-11-5-3-4-6-12(11)14/h3-8H,1-2H3,(H,16,17,18). The molecule has 0 aliphatic heterocycles. The third-order valence-electron chi connectivity index (χ3n) is 2.26. The number of rotatable bonds is 3. The van der Waals surface area contributed by atoms with Gasteiger partial charge in [-0.3, -0.25) is 0 Å². The molecule has 1 aromatic carbocycles. The van der Waals surface area contributed by atoms with Gasteiger partial charge in [-0.2, -0.15) is 5.10 Å². The number of halogens is 1. The molecule has 5 heteroatoms. The number of hydrazone groups is 1. The Hall–Kier alpha value is -1.75. The summed E-state index contributed by atoms with van der Waals surface area (Å²) in [5.74, 6) is 0.510. The molecule has 18 heavy (non-hydrogen) atoms. The number of aromatic nitrogens is 2. The maximum absolute atomic E-state index is 4.24. The Morgan fingerprint density at radius 3 is 2.50 bits per heavy atom. The maximum atomic E-state index is 4.24. The lowest BCUT2D eigenvalue weighted by atomic mass is 10.2. The van der Waals surface area contributed by atoms with Crippen LogP contribution in [-0.4, -0.2) is 16.2 Å². The fraction of sp³-hybridized carbons (Fsp3) is 0.154. The Kier molecular flexibility index (Phi) is 4.04. The predicted octanol–water partition coefficient (Wildman–Crippen LogP) is 3.30. The first-order chi connectivity index (χ1) is 8.65. The van der Waals surface area contributed by atoms with Crippen molar-refractivity contribution in [2.75, 3.05) is 5.43 Å². The van der Waals surface area contributed by atoms with E-state index in [-0.39, 0.29) is 0 Å². The van der Waals surface area contributed by atoms with Gasteiger partial charge >= 0.3 is 0 Å². The highest BCUT2D eigenvalue weighted by molar-refractivity contribution is 9.10. The molecule has 0 fully saturated rings. The molecule has 1 N–H and O–H groups in total. The molecule has 0 amide bonds. The summed E-state index contributed by atoms with van der Waals surface area (Å²) in [7, 11) is 0. The molecule has 0 bridgehead atoms. The molecular weight excluding hydrogens is 292 g/mol. The first-order valence-electron chi connectivity index (χ1n) is 5.51. The van der Waals surface area contributed by atoms with Crippen molar-refractivity contribution in [2.24, 2.45) is 5.10 Å². The fourth-order valence-corrected chi connectivity index (χ4v) is 1.90. The van der Waals surface area contributed by atoms with Gasteiger partial charge in [-0.1, -0.05) is 34.1 Å². The minimum Gasteiger partial charge on any atom is -0.245 e. The topological polar surface area (TPSA) is 50.2 Å². The van der Waals surface area contributed by atoms with E-state index in [0.717, 1.165) is 21.4 Å². The van der Waals surface area contributed by atoms with Gasteiger partial charge in [-0.05, 0) is 26.0 Å². The first kappa shape index (κ1) is 12.7. The van der Waals surface area contributed by atoms with Gasteiger partial charge in [0.05, 0.1) is 6.21 Å². The van der Waals surface area contributed by atoms with Gasteiger partial charge in [-0.25, -0.2) is 15.4 Å². The summed E-state index contributed by atoms with van der Waals surface area (Å²) in [4.78, 5) is 8.48. The molecule has 2 rings (SSSR count). The van der Waals surface area contributed by atoms with Gasteiger partial charge in [0.1, 0.15) is 0 Å². The second kappa shape index (κ2) is 5.73. The van der Waals surface area contributed by atoms with Crippen molar-refractivity contribution < 1.29 is 0 Å². The summed E-state index contributed by atoms with van der Waals surface area (Å²) in [6, 6.07) is 9.77. The molecule has 0 atom stereocenters. The number of anilines is 1. The van der Waals surface area contributed by atoms with E-state index in [9.17, 15) is 0 Å². The van der Waals surface area contributed by atoms with Crippen LogP contribution in [0.4, 0.5) is 5.95 Å². The smallest absolute Gasteiger partial charge is 0.243 e. The zero-order valence-corrected chi connectivity index (χ0v) is 11.8. The maximum Gasteiger partial charge on any atom is 0.243 e. The second-order valence-electron chi connectivity index (χ2n) is 3.87. The van der Waals surface area contributed by atoms with Crippen molar-refractivity contribution in [2.45, 2.75) is 13.8 Å². The Balaban J connectivity index is 2.10. The Morgan fingerprint density at radius 1 is 1.17 bits per heavy atom. The number of nitrogens with zero attached hydrogens (tertiary/aromatic N) is 3. The lowest BCUT2D eigenvalue weighted by molar-refractivity contribution is 1.04. The van der Waals surface area contributed by atoms with Crippen LogP contribution in [0.2, 0.25) is 0 Å². The predicted molar refractivity (Wildman–Crippen MR) is 76.9 cm³/mol. The molecule has 2 aromatic rings. The van der Waals surface area contributed by atoms with E-state index in [0.29, 0.717) is 5.95 Å². The largest absolute Gasteiger partial charge is 0.245 e. The van der Waals surface area contributed by atoms with Crippen molar-refractivity contribution in [3.8, 4) is 0 Å². The van der Waals surface area contributed by atoms with Gasteiger partial charge in [0.15, 0.2) is 0 Å². The Bertz CT molecular complexity index is 561. The summed E-state index contributed by atoms with van der Waals surface area (Å²) in [6.07, 6.45) is 1.73. The van der Waals surface area contributed by atoms with E-state index in [2.05, 4.69) is 36.4 Å². The summed E-state index contributed by atoms with van der Waals surface area (Å²) in [5.41, 5.74) is 5.66. The molecular formula is C13H13BrN4. The highest BCUT2D eigenvalue weighted by Crippen LogP contribution is 2.13. The molecule has 1 aromatic heterocycles. The average molecular weight is 305 g/mol. The SMILES string of the molecule is Cc1cc(C)nc(NN=Cc2ccccc2Br)n1. The third kappa shape index (κ3) is 3.37. The summed E-state index contributed by atoms with van der Waals surface area (Å²) >= 11 is 3.46. The second-order valence-corrected chi connectivity index (χ2v) is 4.72. The molecule has 0 spiro atoms. The highest BCUT2D eigenvalue weighted by atomic mass is 79.9.